The first-order valence-corrected chi connectivity index (χ1v) is 11.6. The molecular weight excluding hydrogens is 453 g/mol. The molecule has 0 bridgehead atoms. The highest BCUT2D eigenvalue weighted by Crippen LogP contribution is 2.32. The summed E-state index contributed by atoms with van der Waals surface area (Å²) in [6.45, 7) is 3.98. The summed E-state index contributed by atoms with van der Waals surface area (Å²) in [6, 6.07) is 14.1. The number of hydrogen-bond acceptors (Lipinski definition) is 4. The third-order valence-electron chi connectivity index (χ3n) is 5.09. The first-order chi connectivity index (χ1) is 15.7. The molecule has 0 aliphatic heterocycles. The van der Waals surface area contributed by atoms with E-state index in [0.717, 1.165) is 29.7 Å². The Hall–Kier alpha value is -2.87. The van der Waals surface area contributed by atoms with E-state index in [1.165, 1.54) is 23.9 Å². The minimum atomic E-state index is -4.38. The number of aryl methyl sites for hydroxylation is 1. The van der Waals surface area contributed by atoms with Gasteiger partial charge in [-0.25, -0.2) is 0 Å². The zero-order chi connectivity index (χ0) is 24.0. The minimum absolute atomic E-state index is 0.236. The fourth-order valence-corrected chi connectivity index (χ4v) is 4.37. The molecule has 0 spiro atoms. The molecule has 0 radical (unpaired) electrons. The lowest BCUT2D eigenvalue weighted by molar-refractivity contribution is -0.138. The van der Waals surface area contributed by atoms with Crippen LogP contribution in [0.2, 0.25) is 0 Å². The van der Waals surface area contributed by atoms with Crippen LogP contribution in [0.25, 0.3) is 11.3 Å². The summed E-state index contributed by atoms with van der Waals surface area (Å²) >= 11 is 1.40. The van der Waals surface area contributed by atoms with Gasteiger partial charge in [-0.15, -0.1) is 11.8 Å². The van der Waals surface area contributed by atoms with Gasteiger partial charge in [0.15, 0.2) is 0 Å². The van der Waals surface area contributed by atoms with Crippen molar-refractivity contribution >= 4 is 17.7 Å². The van der Waals surface area contributed by atoms with Crippen molar-refractivity contribution in [2.45, 2.75) is 50.5 Å². The molecule has 33 heavy (non-hydrogen) atoms. The van der Waals surface area contributed by atoms with Crippen molar-refractivity contribution < 1.29 is 32.2 Å². The summed E-state index contributed by atoms with van der Waals surface area (Å²) in [4.78, 5) is 11.3. The van der Waals surface area contributed by atoms with E-state index in [1.807, 2.05) is 31.2 Å². The number of aliphatic carboxylic acids is 1. The lowest BCUT2D eigenvalue weighted by Gasteiger charge is -2.12. The van der Waals surface area contributed by atoms with Crippen LogP contribution in [0, 0.1) is 6.92 Å². The topological polar surface area (TPSA) is 59.7 Å². The summed E-state index contributed by atoms with van der Waals surface area (Å²) in [7, 11) is 0. The van der Waals surface area contributed by atoms with E-state index in [0.29, 0.717) is 35.0 Å². The molecule has 3 rings (SSSR count). The van der Waals surface area contributed by atoms with Gasteiger partial charge in [-0.2, -0.15) is 13.2 Å². The van der Waals surface area contributed by atoms with E-state index in [2.05, 4.69) is 0 Å². The molecule has 0 fully saturated rings. The van der Waals surface area contributed by atoms with Gasteiger partial charge in [0.25, 0.3) is 0 Å². The van der Waals surface area contributed by atoms with Gasteiger partial charge in [-0.05, 0) is 49.2 Å². The van der Waals surface area contributed by atoms with Gasteiger partial charge in [0.2, 0.25) is 0 Å². The summed E-state index contributed by atoms with van der Waals surface area (Å²) < 4.78 is 49.9. The Morgan fingerprint density at radius 2 is 1.88 bits per heavy atom. The van der Waals surface area contributed by atoms with Crippen molar-refractivity contribution in [1.29, 1.82) is 0 Å². The van der Waals surface area contributed by atoms with Crippen molar-refractivity contribution in [3.8, 4) is 17.1 Å². The summed E-state index contributed by atoms with van der Waals surface area (Å²) in [5, 5.41) is 8.87. The highest BCUT2D eigenvalue weighted by atomic mass is 32.2. The smallest absolute Gasteiger partial charge is 0.416 e. The fourth-order valence-electron chi connectivity index (χ4n) is 3.25. The van der Waals surface area contributed by atoms with E-state index in [9.17, 15) is 23.1 Å². The van der Waals surface area contributed by atoms with Gasteiger partial charge in [-0.1, -0.05) is 37.6 Å². The Morgan fingerprint density at radius 3 is 2.52 bits per heavy atom. The third-order valence-corrected chi connectivity index (χ3v) is 6.43. The highest BCUT2D eigenvalue weighted by molar-refractivity contribution is 7.99. The summed E-state index contributed by atoms with van der Waals surface area (Å²) in [5.74, 6) is 1.51. The van der Waals surface area contributed by atoms with E-state index in [1.54, 1.807) is 13.0 Å². The quantitative estimate of drug-likeness (QED) is 0.330. The number of rotatable bonds is 10. The number of thioether (sulfide) groups is 1. The van der Waals surface area contributed by atoms with Crippen molar-refractivity contribution in [3.63, 3.8) is 0 Å². The van der Waals surface area contributed by atoms with Crippen molar-refractivity contribution in [2.24, 2.45) is 0 Å². The van der Waals surface area contributed by atoms with Crippen LogP contribution in [0.3, 0.4) is 0 Å². The molecule has 1 heterocycles. The Bertz CT molecular complexity index is 1070. The first kappa shape index (κ1) is 24.8. The monoisotopic (exact) mass is 478 g/mol. The summed E-state index contributed by atoms with van der Waals surface area (Å²) in [6.07, 6.45) is -2.95. The van der Waals surface area contributed by atoms with Crippen molar-refractivity contribution in [1.82, 2.24) is 0 Å². The zero-order valence-electron chi connectivity index (χ0n) is 18.3. The van der Waals surface area contributed by atoms with Crippen molar-refractivity contribution in [3.05, 3.63) is 77.0 Å². The molecule has 0 saturated heterocycles. The molecule has 0 saturated carbocycles. The number of carboxylic acid groups (broad SMARTS) is 1. The van der Waals surface area contributed by atoms with Crippen LogP contribution < -0.4 is 4.74 Å². The number of alkyl halides is 3. The molecule has 0 amide bonds. The van der Waals surface area contributed by atoms with E-state index in [4.69, 9.17) is 9.15 Å². The molecule has 4 nitrogen and oxygen atoms in total. The van der Waals surface area contributed by atoms with Crippen LogP contribution in [-0.2, 0) is 23.3 Å². The molecule has 1 atom stereocenters. The molecule has 3 aromatic rings. The SMILES string of the molecule is CCCC(SCc1cccc(OCc2cc(-c3ccc(C(F)(F)F)cc3)oc2C)c1)C(=O)O. The van der Waals surface area contributed by atoms with Gasteiger partial charge in [0, 0.05) is 16.9 Å². The maximum atomic E-state index is 12.8. The van der Waals surface area contributed by atoms with Gasteiger partial charge < -0.3 is 14.3 Å². The number of benzene rings is 2. The molecule has 1 aromatic heterocycles. The zero-order valence-corrected chi connectivity index (χ0v) is 19.1. The normalized spacial score (nSPS) is 12.5. The van der Waals surface area contributed by atoms with Crippen LogP contribution in [0.1, 0.15) is 42.2 Å². The maximum absolute atomic E-state index is 12.8. The molecule has 8 heteroatoms. The van der Waals surface area contributed by atoms with E-state index in [-0.39, 0.29) is 6.61 Å². The van der Waals surface area contributed by atoms with Crippen LogP contribution in [0.5, 0.6) is 5.75 Å². The molecule has 176 valence electrons. The number of carbonyl (C=O) groups is 1. The largest absolute Gasteiger partial charge is 0.489 e. The average molecular weight is 479 g/mol. The van der Waals surface area contributed by atoms with Gasteiger partial charge in [0.1, 0.15) is 29.1 Å². The van der Waals surface area contributed by atoms with Crippen LogP contribution in [0.4, 0.5) is 13.2 Å². The molecule has 1 unspecified atom stereocenters. The fraction of sp³-hybridized carbons (Fsp3) is 0.320. The second-order valence-electron chi connectivity index (χ2n) is 7.63. The number of hydrogen-bond donors (Lipinski definition) is 1. The Labute approximate surface area is 194 Å². The highest BCUT2D eigenvalue weighted by Gasteiger charge is 2.30. The lowest BCUT2D eigenvalue weighted by Crippen LogP contribution is -2.16. The number of halogens is 3. The molecule has 0 aliphatic carbocycles. The van der Waals surface area contributed by atoms with Gasteiger partial charge in [0.05, 0.1) is 5.56 Å². The predicted octanol–water partition coefficient (Wildman–Crippen LogP) is 7.34. The minimum Gasteiger partial charge on any atom is -0.489 e. The number of carboxylic acids is 1. The average Bonchev–Trinajstić information content (AvgIpc) is 3.15. The van der Waals surface area contributed by atoms with Gasteiger partial charge >= 0.3 is 12.1 Å². The van der Waals surface area contributed by atoms with E-state index >= 15 is 0 Å². The Morgan fingerprint density at radius 1 is 1.15 bits per heavy atom. The molecule has 0 aliphatic rings. The van der Waals surface area contributed by atoms with Crippen LogP contribution >= 0.6 is 11.8 Å². The second-order valence-corrected chi connectivity index (χ2v) is 8.82. The third kappa shape index (κ3) is 6.81. The second kappa shape index (κ2) is 10.8. The predicted molar refractivity (Wildman–Crippen MR) is 122 cm³/mol. The molecule has 2 aromatic carbocycles. The Balaban J connectivity index is 1.63. The Kier molecular flexibility index (Phi) is 8.13. The van der Waals surface area contributed by atoms with E-state index < -0.39 is 23.0 Å². The summed E-state index contributed by atoms with van der Waals surface area (Å²) in [5.41, 5.74) is 1.60. The van der Waals surface area contributed by atoms with Crippen LogP contribution in [-0.4, -0.2) is 16.3 Å². The molecular formula is C25H25F3O4S. The standard InChI is InChI=1S/C25H25F3O4S/c1-3-5-23(24(29)30)33-15-17-6-4-7-21(12-17)31-14-19-13-22(32-16(19)2)18-8-10-20(11-9-18)25(26,27)28/h4,6-13,23H,3,5,14-15H2,1-2H3,(H,29,30). The van der Waals surface area contributed by atoms with Crippen LogP contribution in [0.15, 0.2) is 59.0 Å². The first-order valence-electron chi connectivity index (χ1n) is 10.5. The number of ether oxygens (including phenoxy) is 1. The van der Waals surface area contributed by atoms with Gasteiger partial charge in [-0.3, -0.25) is 4.79 Å². The maximum Gasteiger partial charge on any atom is 0.416 e. The number of furan rings is 1. The molecule has 1 N–H and O–H groups in total. The van der Waals surface area contributed by atoms with Crippen molar-refractivity contribution in [2.75, 3.05) is 0 Å². The lowest BCUT2D eigenvalue weighted by atomic mass is 10.1.